The highest BCUT2D eigenvalue weighted by molar-refractivity contribution is 5.84. The predicted molar refractivity (Wildman–Crippen MR) is 81.4 cm³/mol. The maximum Gasteiger partial charge on any atom is 0.197 e. The Morgan fingerprint density at radius 1 is 1.30 bits per heavy atom. The molecule has 2 aliphatic carbocycles. The average molecular weight is 266 g/mol. The molecule has 4 N–H and O–H groups in total. The van der Waals surface area contributed by atoms with Gasteiger partial charge in [-0.15, -0.1) is 0 Å². The van der Waals surface area contributed by atoms with Crippen molar-refractivity contribution in [2.24, 2.45) is 22.6 Å². The molecular weight excluding hydrogens is 248 g/mol. The molecule has 0 saturated heterocycles. The molecule has 2 unspecified atom stereocenters. The predicted octanol–water partition coefficient (Wildman–Crippen LogP) is 2.16. The molecule has 2 atom stereocenters. The first-order chi connectivity index (χ1) is 9.70. The molecule has 0 aromatic heterocycles. The topological polar surface area (TPSA) is 67.6 Å². The van der Waals surface area contributed by atoms with Crippen molar-refractivity contribution in [3.8, 4) is 0 Å². The summed E-state index contributed by atoms with van der Waals surface area (Å²) in [7, 11) is 0. The highest BCUT2D eigenvalue weighted by atomic mass is 15.3. The normalized spacial score (nSPS) is 26.5. The Morgan fingerprint density at radius 3 is 3.10 bits per heavy atom. The zero-order valence-electron chi connectivity index (χ0n) is 11.3. The number of hydrogen-bond donors (Lipinski definition) is 2. The van der Waals surface area contributed by atoms with Crippen LogP contribution in [0.3, 0.4) is 0 Å². The lowest BCUT2D eigenvalue weighted by molar-refractivity contribution is 0.426. The fourth-order valence-corrected chi connectivity index (χ4v) is 3.15. The van der Waals surface area contributed by atoms with Crippen LogP contribution < -0.4 is 11.5 Å². The maximum absolute atomic E-state index is 6.11. The van der Waals surface area contributed by atoms with Gasteiger partial charge in [0.25, 0.3) is 0 Å². The first-order valence-electron chi connectivity index (χ1n) is 7.05. The van der Waals surface area contributed by atoms with E-state index in [1.807, 2.05) is 18.2 Å². The molecule has 4 rings (SSSR count). The Balaban J connectivity index is 1.58. The van der Waals surface area contributed by atoms with Gasteiger partial charge in [-0.2, -0.15) is 0 Å². The number of aliphatic imine (C=N–C) groups is 1. The molecule has 0 amide bonds. The number of hydrogen-bond acceptors (Lipinski definition) is 4. The average Bonchev–Trinajstić information content (AvgIpc) is 3.20. The van der Waals surface area contributed by atoms with Crippen molar-refractivity contribution in [3.05, 3.63) is 47.6 Å². The van der Waals surface area contributed by atoms with Crippen LogP contribution in [-0.4, -0.2) is 17.4 Å². The molecule has 0 bridgehead atoms. The van der Waals surface area contributed by atoms with Gasteiger partial charge in [-0.1, -0.05) is 18.2 Å². The van der Waals surface area contributed by atoms with Crippen LogP contribution in [0.1, 0.15) is 12.0 Å². The summed E-state index contributed by atoms with van der Waals surface area (Å²) in [6.45, 7) is 1.66. The molecule has 1 aromatic rings. The minimum Gasteiger partial charge on any atom is -0.399 e. The second kappa shape index (κ2) is 4.13. The smallest absolute Gasteiger partial charge is 0.197 e. The van der Waals surface area contributed by atoms with Crippen LogP contribution in [0.15, 0.2) is 47.0 Å². The van der Waals surface area contributed by atoms with Crippen LogP contribution in [0.4, 0.5) is 11.4 Å². The fraction of sp³-hybridized carbons (Fsp3) is 0.312. The number of rotatable bonds is 2. The summed E-state index contributed by atoms with van der Waals surface area (Å²) in [5.41, 5.74) is 16.3. The second-order valence-electron chi connectivity index (χ2n) is 5.85. The summed E-state index contributed by atoms with van der Waals surface area (Å²) in [5, 5.41) is 0. The maximum atomic E-state index is 6.11. The molecule has 1 saturated carbocycles. The number of nitrogen functional groups attached to an aromatic ring is 1. The fourth-order valence-electron chi connectivity index (χ4n) is 3.15. The molecule has 3 aliphatic rings. The zero-order valence-corrected chi connectivity index (χ0v) is 11.3. The number of allylic oxidation sites excluding steroid dienone is 3. The second-order valence-corrected chi connectivity index (χ2v) is 5.85. The van der Waals surface area contributed by atoms with Crippen LogP contribution in [0.2, 0.25) is 0 Å². The van der Waals surface area contributed by atoms with Crippen molar-refractivity contribution in [3.63, 3.8) is 0 Å². The number of benzene rings is 1. The van der Waals surface area contributed by atoms with Crippen LogP contribution in [-0.2, 0) is 6.54 Å². The first-order valence-corrected chi connectivity index (χ1v) is 7.05. The van der Waals surface area contributed by atoms with Gasteiger partial charge in [-0.05, 0) is 47.6 Å². The summed E-state index contributed by atoms with van der Waals surface area (Å²) < 4.78 is 0. The van der Waals surface area contributed by atoms with Crippen LogP contribution in [0, 0.1) is 11.8 Å². The number of guanidine groups is 1. The van der Waals surface area contributed by atoms with Gasteiger partial charge in [0, 0.05) is 18.8 Å². The number of fused-ring (bicyclic) bond motifs is 2. The Morgan fingerprint density at radius 2 is 2.20 bits per heavy atom. The largest absolute Gasteiger partial charge is 0.399 e. The van der Waals surface area contributed by atoms with E-state index in [0.717, 1.165) is 41.9 Å². The highest BCUT2D eigenvalue weighted by Gasteiger charge is 2.39. The van der Waals surface area contributed by atoms with E-state index in [0.29, 0.717) is 5.96 Å². The third kappa shape index (κ3) is 1.88. The van der Waals surface area contributed by atoms with E-state index in [-0.39, 0.29) is 0 Å². The molecule has 102 valence electrons. The number of nitrogens with two attached hydrogens (primary N) is 2. The van der Waals surface area contributed by atoms with Crippen LogP contribution in [0.25, 0.3) is 0 Å². The lowest BCUT2D eigenvalue weighted by atomic mass is 10.0. The van der Waals surface area contributed by atoms with Crippen molar-refractivity contribution in [2.75, 3.05) is 12.3 Å². The Labute approximate surface area is 118 Å². The lowest BCUT2D eigenvalue weighted by Gasteiger charge is -2.29. The van der Waals surface area contributed by atoms with E-state index < -0.39 is 0 Å². The number of anilines is 1. The summed E-state index contributed by atoms with van der Waals surface area (Å²) in [6, 6.07) is 5.80. The van der Waals surface area contributed by atoms with Gasteiger partial charge in [0.05, 0.1) is 5.69 Å². The SMILES string of the molecule is NC1=Nc2ccc(N)cc2CN1CC1=CC=CC2CC12. The summed E-state index contributed by atoms with van der Waals surface area (Å²) in [4.78, 5) is 6.63. The number of nitrogens with zero attached hydrogens (tertiary/aromatic N) is 2. The van der Waals surface area contributed by atoms with Gasteiger partial charge in [-0.25, -0.2) is 4.99 Å². The minimum atomic E-state index is 0.606. The van der Waals surface area contributed by atoms with Gasteiger partial charge >= 0.3 is 0 Å². The van der Waals surface area contributed by atoms with Gasteiger partial charge in [0.1, 0.15) is 0 Å². The molecule has 1 heterocycles. The third-order valence-corrected chi connectivity index (χ3v) is 4.38. The van der Waals surface area contributed by atoms with Crippen molar-refractivity contribution >= 4 is 17.3 Å². The van der Waals surface area contributed by atoms with Crippen molar-refractivity contribution in [1.82, 2.24) is 4.90 Å². The van der Waals surface area contributed by atoms with E-state index in [4.69, 9.17) is 11.5 Å². The van der Waals surface area contributed by atoms with E-state index in [1.54, 1.807) is 0 Å². The molecule has 0 radical (unpaired) electrons. The molecule has 1 aromatic carbocycles. The van der Waals surface area contributed by atoms with E-state index in [1.165, 1.54) is 12.0 Å². The summed E-state index contributed by atoms with van der Waals surface area (Å²) >= 11 is 0. The monoisotopic (exact) mass is 266 g/mol. The molecule has 20 heavy (non-hydrogen) atoms. The first kappa shape index (κ1) is 11.6. The summed E-state index contributed by atoms with van der Waals surface area (Å²) in [6.07, 6.45) is 8.00. The summed E-state index contributed by atoms with van der Waals surface area (Å²) in [5.74, 6) is 2.10. The van der Waals surface area contributed by atoms with Crippen LogP contribution in [0.5, 0.6) is 0 Å². The molecule has 0 spiro atoms. The van der Waals surface area contributed by atoms with Gasteiger partial charge < -0.3 is 16.4 Å². The van der Waals surface area contributed by atoms with Crippen molar-refractivity contribution in [1.29, 1.82) is 0 Å². The van der Waals surface area contributed by atoms with E-state index in [2.05, 4.69) is 28.1 Å². The Hall–Kier alpha value is -2.23. The van der Waals surface area contributed by atoms with E-state index in [9.17, 15) is 0 Å². The van der Waals surface area contributed by atoms with Gasteiger partial charge in [0.2, 0.25) is 0 Å². The quantitative estimate of drug-likeness (QED) is 0.806. The Bertz CT molecular complexity index is 656. The molecular formula is C16H18N4. The van der Waals surface area contributed by atoms with Gasteiger partial charge in [-0.3, -0.25) is 0 Å². The highest BCUT2D eigenvalue weighted by Crippen LogP contribution is 2.47. The zero-order chi connectivity index (χ0) is 13.7. The molecule has 4 nitrogen and oxygen atoms in total. The molecule has 1 aliphatic heterocycles. The van der Waals surface area contributed by atoms with Crippen molar-refractivity contribution < 1.29 is 0 Å². The standard InChI is InChI=1S/C16H18N4/c17-13-4-5-15-12(6-13)9-20(16(18)19-15)8-11-3-1-2-10-7-14(10)11/h1-6,10,14H,7-9,17H2,(H2,18,19). The minimum absolute atomic E-state index is 0.606. The molecule has 1 fully saturated rings. The van der Waals surface area contributed by atoms with Crippen molar-refractivity contribution in [2.45, 2.75) is 13.0 Å². The molecule has 4 heteroatoms. The van der Waals surface area contributed by atoms with E-state index >= 15 is 0 Å². The lowest BCUT2D eigenvalue weighted by Crippen LogP contribution is -2.40. The van der Waals surface area contributed by atoms with Gasteiger partial charge in [0.15, 0.2) is 5.96 Å². The Kier molecular flexibility index (Phi) is 2.39. The van der Waals surface area contributed by atoms with Crippen LogP contribution >= 0.6 is 0 Å². The third-order valence-electron chi connectivity index (χ3n) is 4.38.